The fourth-order valence-corrected chi connectivity index (χ4v) is 5.24. The first kappa shape index (κ1) is 24.2. The molecule has 0 spiro atoms. The molecule has 1 saturated carbocycles. The molecule has 1 N–H and O–H groups in total. The van der Waals surface area contributed by atoms with Crippen LogP contribution in [0.1, 0.15) is 49.7 Å². The Hall–Kier alpha value is -4.14. The molecule has 0 radical (unpaired) electrons. The second kappa shape index (κ2) is 10.3. The number of amides is 2. The largest absolute Gasteiger partial charge is 0.485 e. The summed E-state index contributed by atoms with van der Waals surface area (Å²) in [7, 11) is 0. The van der Waals surface area contributed by atoms with Crippen LogP contribution in [0.4, 0.5) is 5.69 Å². The quantitative estimate of drug-likeness (QED) is 0.506. The van der Waals surface area contributed by atoms with Crippen molar-refractivity contribution in [2.75, 3.05) is 18.3 Å². The number of furan rings is 1. The molecule has 38 heavy (non-hydrogen) atoms. The van der Waals surface area contributed by atoms with E-state index in [4.69, 9.17) is 23.4 Å². The van der Waals surface area contributed by atoms with E-state index in [1.165, 1.54) is 4.90 Å². The second-order valence-electron chi connectivity index (χ2n) is 9.80. The monoisotopic (exact) mass is 518 g/mol. The Kier molecular flexibility index (Phi) is 6.57. The third kappa shape index (κ3) is 4.76. The molecule has 3 aromatic rings. The highest BCUT2D eigenvalue weighted by Gasteiger charge is 2.41. The number of aryl methyl sites for hydroxylation is 1. The number of rotatable bonds is 6. The highest BCUT2D eigenvalue weighted by atomic mass is 16.7. The van der Waals surface area contributed by atoms with Gasteiger partial charge in [-0.1, -0.05) is 31.4 Å². The Morgan fingerprint density at radius 3 is 2.45 bits per heavy atom. The van der Waals surface area contributed by atoms with Crippen LogP contribution in [0.2, 0.25) is 0 Å². The Balaban J connectivity index is 1.39. The lowest BCUT2D eigenvalue weighted by Crippen LogP contribution is -2.52. The van der Waals surface area contributed by atoms with Crippen molar-refractivity contribution < 1.29 is 33.0 Å². The molecule has 2 amide bonds. The summed E-state index contributed by atoms with van der Waals surface area (Å²) in [5.41, 5.74) is 0.458. The summed E-state index contributed by atoms with van der Waals surface area (Å²) in [6, 6.07) is 14.9. The smallest absolute Gasteiger partial charge is 0.272 e. The van der Waals surface area contributed by atoms with E-state index in [0.717, 1.165) is 32.1 Å². The predicted molar refractivity (Wildman–Crippen MR) is 138 cm³/mol. The Morgan fingerprint density at radius 1 is 0.895 bits per heavy atom. The minimum Gasteiger partial charge on any atom is -0.485 e. The molecule has 1 aliphatic carbocycles. The lowest BCUT2D eigenvalue weighted by Gasteiger charge is -2.35. The molecule has 0 saturated heterocycles. The molecule has 9 heteroatoms. The van der Waals surface area contributed by atoms with Crippen LogP contribution < -0.4 is 29.2 Å². The van der Waals surface area contributed by atoms with E-state index in [1.807, 2.05) is 12.1 Å². The number of fused-ring (bicyclic) bond motifs is 2. The standard InChI is InChI=1S/C29H30N2O7/c1-18-11-13-24(37-18)27(28(32)30-19-7-3-2-4-8-19)31(20-12-14-22-25(15-20)36-17-35-22)29(33)26-16-34-21-9-5-6-10-23(21)38-26/h5-6,9-15,19,26-27H,2-4,7-8,16-17H2,1H3,(H,30,32). The zero-order valence-corrected chi connectivity index (χ0v) is 21.2. The van der Waals surface area contributed by atoms with Gasteiger partial charge in [0.05, 0.1) is 0 Å². The number of carbonyl (C=O) groups excluding carboxylic acids is 2. The molecule has 3 aliphatic rings. The molecular formula is C29H30N2O7. The van der Waals surface area contributed by atoms with Gasteiger partial charge in [0, 0.05) is 17.8 Å². The summed E-state index contributed by atoms with van der Waals surface area (Å²) in [5, 5.41) is 3.18. The van der Waals surface area contributed by atoms with Gasteiger partial charge in [0.25, 0.3) is 11.8 Å². The molecule has 2 atom stereocenters. The third-order valence-electron chi connectivity index (χ3n) is 7.14. The number of nitrogens with one attached hydrogen (secondary N) is 1. The Bertz CT molecular complexity index is 1330. The molecule has 0 bridgehead atoms. The number of nitrogens with zero attached hydrogens (tertiary/aromatic N) is 1. The normalized spacial score (nSPS) is 19.0. The number of benzene rings is 2. The zero-order chi connectivity index (χ0) is 26.1. The number of anilines is 1. The van der Waals surface area contributed by atoms with Crippen LogP contribution in [0.5, 0.6) is 23.0 Å². The van der Waals surface area contributed by atoms with Crippen LogP contribution in [-0.4, -0.2) is 37.4 Å². The van der Waals surface area contributed by atoms with E-state index in [-0.39, 0.29) is 25.3 Å². The molecular weight excluding hydrogens is 488 g/mol. The van der Waals surface area contributed by atoms with Crippen LogP contribution in [0.3, 0.4) is 0 Å². The van der Waals surface area contributed by atoms with Crippen molar-refractivity contribution in [2.24, 2.45) is 0 Å². The molecule has 6 rings (SSSR count). The summed E-state index contributed by atoms with van der Waals surface area (Å²) in [5.74, 6) is 2.36. The average molecular weight is 519 g/mol. The van der Waals surface area contributed by atoms with Gasteiger partial charge in [0.1, 0.15) is 18.1 Å². The minimum atomic E-state index is -1.07. The fourth-order valence-electron chi connectivity index (χ4n) is 5.24. The maximum atomic E-state index is 14.3. The first-order chi connectivity index (χ1) is 18.6. The Labute approximate surface area is 220 Å². The fraction of sp³-hybridized carbons (Fsp3) is 0.379. The number of hydrogen-bond acceptors (Lipinski definition) is 7. The van der Waals surface area contributed by atoms with E-state index in [1.54, 1.807) is 49.4 Å². The van der Waals surface area contributed by atoms with Crippen molar-refractivity contribution >= 4 is 17.5 Å². The predicted octanol–water partition coefficient (Wildman–Crippen LogP) is 4.68. The van der Waals surface area contributed by atoms with Crippen molar-refractivity contribution in [3.8, 4) is 23.0 Å². The van der Waals surface area contributed by atoms with Crippen molar-refractivity contribution in [2.45, 2.75) is 57.2 Å². The van der Waals surface area contributed by atoms with Gasteiger partial charge < -0.3 is 28.7 Å². The highest BCUT2D eigenvalue weighted by molar-refractivity contribution is 6.03. The zero-order valence-electron chi connectivity index (χ0n) is 21.2. The second-order valence-corrected chi connectivity index (χ2v) is 9.80. The van der Waals surface area contributed by atoms with E-state index in [2.05, 4.69) is 5.32 Å². The van der Waals surface area contributed by atoms with Gasteiger partial charge in [-0.2, -0.15) is 0 Å². The summed E-state index contributed by atoms with van der Waals surface area (Å²) < 4.78 is 29.0. The summed E-state index contributed by atoms with van der Waals surface area (Å²) in [6.07, 6.45) is 4.12. The van der Waals surface area contributed by atoms with Gasteiger partial charge in [0.2, 0.25) is 12.9 Å². The van der Waals surface area contributed by atoms with Crippen molar-refractivity contribution in [1.82, 2.24) is 5.32 Å². The van der Waals surface area contributed by atoms with Crippen LogP contribution in [0.15, 0.2) is 59.0 Å². The molecule has 2 aromatic carbocycles. The SMILES string of the molecule is Cc1ccc(C(C(=O)NC2CCCCC2)N(C(=O)C2COc3ccccc3O2)c2ccc3c(c2)OCO3)o1. The first-order valence-electron chi connectivity index (χ1n) is 13.0. The van der Waals surface area contributed by atoms with Crippen molar-refractivity contribution in [3.05, 3.63) is 66.1 Å². The maximum absolute atomic E-state index is 14.3. The van der Waals surface area contributed by atoms with E-state index in [0.29, 0.717) is 40.2 Å². The number of ether oxygens (including phenoxy) is 4. The van der Waals surface area contributed by atoms with Crippen LogP contribution in [0.25, 0.3) is 0 Å². The van der Waals surface area contributed by atoms with Gasteiger partial charge in [-0.3, -0.25) is 14.5 Å². The molecule has 1 aromatic heterocycles. The number of hydrogen-bond donors (Lipinski definition) is 1. The van der Waals surface area contributed by atoms with E-state index < -0.39 is 18.1 Å². The average Bonchev–Trinajstić information content (AvgIpc) is 3.59. The lowest BCUT2D eigenvalue weighted by atomic mass is 9.95. The van der Waals surface area contributed by atoms with Gasteiger partial charge >= 0.3 is 0 Å². The summed E-state index contributed by atoms with van der Waals surface area (Å²) >= 11 is 0. The van der Waals surface area contributed by atoms with Crippen LogP contribution >= 0.6 is 0 Å². The summed E-state index contributed by atoms with van der Waals surface area (Å²) in [4.78, 5) is 29.6. The van der Waals surface area contributed by atoms with Gasteiger partial charge in [0.15, 0.2) is 29.0 Å². The Morgan fingerprint density at radius 2 is 1.66 bits per heavy atom. The number of carbonyl (C=O) groups is 2. The molecule has 2 aliphatic heterocycles. The maximum Gasteiger partial charge on any atom is 0.272 e. The van der Waals surface area contributed by atoms with Gasteiger partial charge in [-0.05, 0) is 56.2 Å². The third-order valence-corrected chi connectivity index (χ3v) is 7.14. The highest BCUT2D eigenvalue weighted by Crippen LogP contribution is 2.40. The van der Waals surface area contributed by atoms with Crippen molar-refractivity contribution in [1.29, 1.82) is 0 Å². The van der Waals surface area contributed by atoms with Gasteiger partial charge in [-0.15, -0.1) is 0 Å². The minimum absolute atomic E-state index is 0.00501. The molecule has 9 nitrogen and oxygen atoms in total. The first-order valence-corrected chi connectivity index (χ1v) is 13.0. The van der Waals surface area contributed by atoms with Crippen LogP contribution in [-0.2, 0) is 9.59 Å². The molecule has 2 unspecified atom stereocenters. The van der Waals surface area contributed by atoms with Gasteiger partial charge in [-0.25, -0.2) is 0 Å². The molecule has 1 fully saturated rings. The lowest BCUT2D eigenvalue weighted by molar-refractivity contribution is -0.132. The topological polar surface area (TPSA) is 99.5 Å². The van der Waals surface area contributed by atoms with Crippen molar-refractivity contribution in [3.63, 3.8) is 0 Å². The molecule has 198 valence electrons. The number of para-hydroxylation sites is 2. The van der Waals surface area contributed by atoms with E-state index >= 15 is 0 Å². The van der Waals surface area contributed by atoms with E-state index in [9.17, 15) is 9.59 Å². The van der Waals surface area contributed by atoms with Crippen LogP contribution in [0, 0.1) is 6.92 Å². The summed E-state index contributed by atoms with van der Waals surface area (Å²) in [6.45, 7) is 1.90. The molecule has 3 heterocycles.